The van der Waals surface area contributed by atoms with Crippen molar-refractivity contribution in [1.29, 1.82) is 0 Å². The van der Waals surface area contributed by atoms with Crippen molar-refractivity contribution in [3.8, 4) is 0 Å². The molecule has 1 atom stereocenters. The molecular formula is C17H25NO3. The Morgan fingerprint density at radius 1 is 1.24 bits per heavy atom. The first kappa shape index (κ1) is 17.2. The Kier molecular flexibility index (Phi) is 6.40. The van der Waals surface area contributed by atoms with Crippen molar-refractivity contribution in [3.63, 3.8) is 0 Å². The number of amides is 1. The predicted molar refractivity (Wildman–Crippen MR) is 83.4 cm³/mol. The Balaban J connectivity index is 2.68. The van der Waals surface area contributed by atoms with Gasteiger partial charge in [-0.3, -0.25) is 9.59 Å². The third kappa shape index (κ3) is 5.98. The second-order valence-electron chi connectivity index (χ2n) is 6.12. The summed E-state index contributed by atoms with van der Waals surface area (Å²) in [6.07, 6.45) is 0.880. The minimum atomic E-state index is -0.818. The second-order valence-corrected chi connectivity index (χ2v) is 6.12. The van der Waals surface area contributed by atoms with Gasteiger partial charge < -0.3 is 10.4 Å². The van der Waals surface area contributed by atoms with Crippen LogP contribution in [-0.4, -0.2) is 23.5 Å². The van der Waals surface area contributed by atoms with E-state index in [9.17, 15) is 9.59 Å². The average molecular weight is 291 g/mol. The zero-order valence-corrected chi connectivity index (χ0v) is 13.3. The Hall–Kier alpha value is -1.84. The van der Waals surface area contributed by atoms with E-state index in [0.717, 1.165) is 17.5 Å². The highest BCUT2D eigenvalue weighted by Crippen LogP contribution is 2.16. The normalized spacial score (nSPS) is 12.2. The van der Waals surface area contributed by atoms with E-state index >= 15 is 0 Å². The van der Waals surface area contributed by atoms with Gasteiger partial charge in [0.15, 0.2) is 0 Å². The number of hydrogen-bond acceptors (Lipinski definition) is 2. The summed E-state index contributed by atoms with van der Waals surface area (Å²) in [5, 5.41) is 11.8. The fourth-order valence-corrected chi connectivity index (χ4v) is 2.47. The SMILES string of the molecule is Cc1ccc(C)c(C(=O)NC[C@H](CC(=O)O)CC(C)C)c1. The van der Waals surface area contributed by atoms with Crippen molar-refractivity contribution < 1.29 is 14.7 Å². The Morgan fingerprint density at radius 3 is 2.48 bits per heavy atom. The summed E-state index contributed by atoms with van der Waals surface area (Å²) in [5.74, 6) is -0.569. The molecule has 0 bridgehead atoms. The molecule has 21 heavy (non-hydrogen) atoms. The summed E-state index contributed by atoms with van der Waals surface area (Å²) in [7, 11) is 0. The van der Waals surface area contributed by atoms with Gasteiger partial charge in [0, 0.05) is 18.5 Å². The molecule has 4 nitrogen and oxygen atoms in total. The van der Waals surface area contributed by atoms with Crippen LogP contribution >= 0.6 is 0 Å². The van der Waals surface area contributed by atoms with Crippen LogP contribution < -0.4 is 5.32 Å². The number of aliphatic carboxylic acids is 1. The van der Waals surface area contributed by atoms with Crippen molar-refractivity contribution in [2.24, 2.45) is 11.8 Å². The summed E-state index contributed by atoms with van der Waals surface area (Å²) < 4.78 is 0. The van der Waals surface area contributed by atoms with E-state index in [1.54, 1.807) is 0 Å². The number of carboxylic acids is 1. The third-order valence-corrected chi connectivity index (χ3v) is 3.46. The summed E-state index contributed by atoms with van der Waals surface area (Å²) in [6, 6.07) is 5.75. The van der Waals surface area contributed by atoms with Gasteiger partial charge in [-0.2, -0.15) is 0 Å². The van der Waals surface area contributed by atoms with E-state index in [1.165, 1.54) is 0 Å². The molecule has 1 aromatic carbocycles. The summed E-state index contributed by atoms with van der Waals surface area (Å²) in [5.41, 5.74) is 2.63. The second kappa shape index (κ2) is 7.81. The molecule has 0 aromatic heterocycles. The van der Waals surface area contributed by atoms with Crippen LogP contribution in [-0.2, 0) is 4.79 Å². The van der Waals surface area contributed by atoms with Gasteiger partial charge in [-0.05, 0) is 43.7 Å². The molecule has 1 rings (SSSR count). The molecule has 0 spiro atoms. The molecule has 116 valence electrons. The number of carboxylic acid groups (broad SMARTS) is 1. The lowest BCUT2D eigenvalue weighted by Crippen LogP contribution is -2.31. The van der Waals surface area contributed by atoms with E-state index in [-0.39, 0.29) is 18.2 Å². The molecule has 0 heterocycles. The van der Waals surface area contributed by atoms with Crippen molar-refractivity contribution in [3.05, 3.63) is 34.9 Å². The first-order chi connectivity index (χ1) is 9.79. The zero-order valence-electron chi connectivity index (χ0n) is 13.3. The quantitative estimate of drug-likeness (QED) is 0.811. The number of rotatable bonds is 7. The minimum absolute atomic E-state index is 0.0310. The number of carbonyl (C=O) groups is 2. The lowest BCUT2D eigenvalue weighted by atomic mass is 9.94. The molecule has 1 amide bonds. The smallest absolute Gasteiger partial charge is 0.303 e. The molecule has 0 saturated carbocycles. The highest BCUT2D eigenvalue weighted by molar-refractivity contribution is 5.95. The first-order valence-corrected chi connectivity index (χ1v) is 7.36. The highest BCUT2D eigenvalue weighted by atomic mass is 16.4. The number of carbonyl (C=O) groups excluding carboxylic acids is 1. The van der Waals surface area contributed by atoms with E-state index < -0.39 is 5.97 Å². The standard InChI is InChI=1S/C17H25NO3/c1-11(2)7-14(9-16(19)20)10-18-17(21)15-8-12(3)5-6-13(15)4/h5-6,8,11,14H,7,9-10H2,1-4H3,(H,18,21)(H,19,20)/t14-/m0/s1. The van der Waals surface area contributed by atoms with Gasteiger partial charge in [-0.25, -0.2) is 0 Å². The van der Waals surface area contributed by atoms with Crippen LogP contribution in [0.25, 0.3) is 0 Å². The third-order valence-electron chi connectivity index (χ3n) is 3.46. The molecule has 1 aromatic rings. The van der Waals surface area contributed by atoms with Crippen LogP contribution in [0, 0.1) is 25.7 Å². The van der Waals surface area contributed by atoms with Crippen molar-refractivity contribution in [2.75, 3.05) is 6.54 Å². The van der Waals surface area contributed by atoms with Crippen molar-refractivity contribution >= 4 is 11.9 Å². The number of hydrogen-bond donors (Lipinski definition) is 2. The Bertz CT molecular complexity index is 509. The fraction of sp³-hybridized carbons (Fsp3) is 0.529. The molecule has 0 aliphatic rings. The fourth-order valence-electron chi connectivity index (χ4n) is 2.47. The first-order valence-electron chi connectivity index (χ1n) is 7.36. The average Bonchev–Trinajstić information content (AvgIpc) is 2.37. The number of benzene rings is 1. The van der Waals surface area contributed by atoms with Crippen LogP contribution in [0.3, 0.4) is 0 Å². The number of aryl methyl sites for hydroxylation is 2. The lowest BCUT2D eigenvalue weighted by molar-refractivity contribution is -0.138. The molecule has 0 aliphatic carbocycles. The molecule has 0 radical (unpaired) electrons. The van der Waals surface area contributed by atoms with Gasteiger partial charge in [0.05, 0.1) is 0 Å². The van der Waals surface area contributed by atoms with E-state index in [0.29, 0.717) is 18.0 Å². The van der Waals surface area contributed by atoms with Gasteiger partial charge in [0.1, 0.15) is 0 Å². The summed E-state index contributed by atoms with van der Waals surface area (Å²) >= 11 is 0. The topological polar surface area (TPSA) is 66.4 Å². The molecule has 0 saturated heterocycles. The predicted octanol–water partition coefficient (Wildman–Crippen LogP) is 3.17. The zero-order chi connectivity index (χ0) is 16.0. The maximum absolute atomic E-state index is 12.2. The molecule has 4 heteroatoms. The van der Waals surface area contributed by atoms with Crippen LogP contribution in [0.2, 0.25) is 0 Å². The lowest BCUT2D eigenvalue weighted by Gasteiger charge is -2.18. The molecular weight excluding hydrogens is 266 g/mol. The van der Waals surface area contributed by atoms with E-state index in [4.69, 9.17) is 5.11 Å². The van der Waals surface area contributed by atoms with Gasteiger partial charge in [-0.15, -0.1) is 0 Å². The van der Waals surface area contributed by atoms with Crippen LogP contribution in [0.5, 0.6) is 0 Å². The maximum atomic E-state index is 12.2. The Morgan fingerprint density at radius 2 is 1.90 bits per heavy atom. The van der Waals surface area contributed by atoms with E-state index in [2.05, 4.69) is 19.2 Å². The summed E-state index contributed by atoms with van der Waals surface area (Å²) in [4.78, 5) is 23.1. The Labute approximate surface area is 126 Å². The van der Waals surface area contributed by atoms with Crippen LogP contribution in [0.1, 0.15) is 48.2 Å². The van der Waals surface area contributed by atoms with Crippen molar-refractivity contribution in [2.45, 2.75) is 40.5 Å². The van der Waals surface area contributed by atoms with Gasteiger partial charge in [0.25, 0.3) is 5.91 Å². The number of nitrogens with one attached hydrogen (secondary N) is 1. The molecule has 0 fully saturated rings. The summed E-state index contributed by atoms with van der Waals surface area (Å²) in [6.45, 7) is 8.36. The largest absolute Gasteiger partial charge is 0.481 e. The van der Waals surface area contributed by atoms with Gasteiger partial charge in [0.2, 0.25) is 0 Å². The monoisotopic (exact) mass is 291 g/mol. The van der Waals surface area contributed by atoms with Crippen LogP contribution in [0.4, 0.5) is 0 Å². The maximum Gasteiger partial charge on any atom is 0.303 e. The molecule has 0 aliphatic heterocycles. The highest BCUT2D eigenvalue weighted by Gasteiger charge is 2.17. The van der Waals surface area contributed by atoms with E-state index in [1.807, 2.05) is 32.0 Å². The van der Waals surface area contributed by atoms with Crippen molar-refractivity contribution in [1.82, 2.24) is 5.32 Å². The van der Waals surface area contributed by atoms with Gasteiger partial charge in [-0.1, -0.05) is 31.5 Å². The molecule has 0 unspecified atom stereocenters. The van der Waals surface area contributed by atoms with Crippen LogP contribution in [0.15, 0.2) is 18.2 Å². The minimum Gasteiger partial charge on any atom is -0.481 e. The molecule has 2 N–H and O–H groups in total. The van der Waals surface area contributed by atoms with Gasteiger partial charge >= 0.3 is 5.97 Å².